The van der Waals surface area contributed by atoms with Gasteiger partial charge >= 0.3 is 0 Å². The van der Waals surface area contributed by atoms with Crippen LogP contribution in [0, 0.1) is 5.82 Å². The molecule has 8 nitrogen and oxygen atoms in total. The van der Waals surface area contributed by atoms with Gasteiger partial charge in [-0.2, -0.15) is 0 Å². The second-order valence-electron chi connectivity index (χ2n) is 10.3. The monoisotopic (exact) mass is 588 g/mol. The molecule has 1 fully saturated rings. The van der Waals surface area contributed by atoms with E-state index in [1.54, 1.807) is 31.0 Å². The number of aliphatic hydroxyl groups excluding tert-OH is 1. The highest BCUT2D eigenvalue weighted by Crippen LogP contribution is 2.49. The molecule has 0 bridgehead atoms. The summed E-state index contributed by atoms with van der Waals surface area (Å²) >= 11 is 8.60. The number of aliphatic hydroxyl groups is 1. The number of carbonyl (C=O) groups is 1. The van der Waals surface area contributed by atoms with Crippen molar-refractivity contribution in [1.29, 1.82) is 0 Å². The Labute approximate surface area is 243 Å². The summed E-state index contributed by atoms with van der Waals surface area (Å²) in [6.07, 6.45) is 0.00723. The van der Waals surface area contributed by atoms with Crippen molar-refractivity contribution in [2.24, 2.45) is 4.99 Å². The number of anilines is 1. The zero-order valence-corrected chi connectivity index (χ0v) is 24.4. The van der Waals surface area contributed by atoms with Gasteiger partial charge in [-0.05, 0) is 43.7 Å². The minimum atomic E-state index is -1.14. The van der Waals surface area contributed by atoms with E-state index in [1.807, 2.05) is 29.7 Å². The summed E-state index contributed by atoms with van der Waals surface area (Å²) in [7, 11) is 1.63. The molecule has 40 heavy (non-hydrogen) atoms. The third-order valence-electron chi connectivity index (χ3n) is 7.49. The summed E-state index contributed by atoms with van der Waals surface area (Å²) in [6.45, 7) is 10.0. The molecule has 1 N–H and O–H groups in total. The quantitative estimate of drug-likeness (QED) is 0.400. The number of carbonyl (C=O) groups excluding carboxylic acids is 1. The smallest absolute Gasteiger partial charge is 0.246 e. The normalized spacial score (nSPS) is 24.4. The Kier molecular flexibility index (Phi) is 8.72. The van der Waals surface area contributed by atoms with Crippen LogP contribution in [-0.4, -0.2) is 96.9 Å². The molecule has 0 saturated carbocycles. The zero-order valence-electron chi connectivity index (χ0n) is 22.8. The minimum absolute atomic E-state index is 0.0902. The molecule has 5 rings (SSSR count). The standard InChI is InChI=1S/C29H34ClFN4O4S/c1-5-24(36)35-17(2)13-33(14-18(35)3)28-22-12-23(30)25(19-6-8-20(31)9-7-19)27-26(22)34(29(37)32-28)15-21(16-40-27)39-11-10-38-4/h5-9,12,17-18,21,29,37H,1,10-11,13-16H2,2-4H3/t17-,18+,21?,29?. The van der Waals surface area contributed by atoms with Gasteiger partial charge in [0.15, 0.2) is 0 Å². The lowest BCUT2D eigenvalue weighted by Crippen LogP contribution is -2.60. The maximum atomic E-state index is 13.8. The van der Waals surface area contributed by atoms with Crippen LogP contribution in [0.1, 0.15) is 19.4 Å². The molecular weight excluding hydrogens is 555 g/mol. The average molecular weight is 589 g/mol. The first kappa shape index (κ1) is 28.9. The van der Waals surface area contributed by atoms with Gasteiger partial charge in [0.25, 0.3) is 0 Å². The molecule has 1 saturated heterocycles. The lowest BCUT2D eigenvalue weighted by molar-refractivity contribution is -0.132. The summed E-state index contributed by atoms with van der Waals surface area (Å²) in [6, 6.07) is 7.98. The summed E-state index contributed by atoms with van der Waals surface area (Å²) in [5.41, 5.74) is 3.20. The van der Waals surface area contributed by atoms with Gasteiger partial charge in [-0.15, -0.1) is 11.8 Å². The molecule has 214 valence electrons. The Morgan fingerprint density at radius 3 is 2.58 bits per heavy atom. The van der Waals surface area contributed by atoms with Gasteiger partial charge < -0.3 is 29.3 Å². The van der Waals surface area contributed by atoms with Gasteiger partial charge in [0, 0.05) is 60.6 Å². The van der Waals surface area contributed by atoms with Crippen LogP contribution in [0.4, 0.5) is 10.1 Å². The number of aliphatic imine (C=N–C) groups is 1. The molecule has 3 heterocycles. The van der Waals surface area contributed by atoms with Crippen molar-refractivity contribution in [3.05, 3.63) is 59.4 Å². The first-order valence-corrected chi connectivity index (χ1v) is 14.7. The van der Waals surface area contributed by atoms with Crippen LogP contribution >= 0.6 is 23.4 Å². The third kappa shape index (κ3) is 5.47. The fourth-order valence-corrected chi connectivity index (χ4v) is 7.44. The number of rotatable bonds is 6. The van der Waals surface area contributed by atoms with E-state index in [0.717, 1.165) is 27.3 Å². The van der Waals surface area contributed by atoms with Crippen LogP contribution < -0.4 is 4.90 Å². The van der Waals surface area contributed by atoms with Crippen molar-refractivity contribution in [2.75, 3.05) is 50.6 Å². The van der Waals surface area contributed by atoms with E-state index in [1.165, 1.54) is 18.2 Å². The molecular formula is C29H34ClFN4O4S. The van der Waals surface area contributed by atoms with Gasteiger partial charge in [0.2, 0.25) is 12.3 Å². The SMILES string of the molecule is C=CC(=O)N1[C@H](C)CN(C2=NC(O)N3CC(OCCOC)CSc4c(-c5ccc(F)cc5)c(Cl)cc2c43)C[C@@H]1C. The van der Waals surface area contributed by atoms with E-state index in [4.69, 9.17) is 26.1 Å². The molecule has 2 unspecified atom stereocenters. The number of thioether (sulfide) groups is 1. The van der Waals surface area contributed by atoms with E-state index in [-0.39, 0.29) is 29.9 Å². The highest BCUT2D eigenvalue weighted by atomic mass is 35.5. The third-order valence-corrected chi connectivity index (χ3v) is 9.01. The molecule has 0 spiro atoms. The second-order valence-corrected chi connectivity index (χ2v) is 11.7. The number of ether oxygens (including phenoxy) is 2. The Balaban J connectivity index is 1.59. The van der Waals surface area contributed by atoms with E-state index >= 15 is 0 Å². The molecule has 11 heteroatoms. The molecule has 4 atom stereocenters. The van der Waals surface area contributed by atoms with E-state index in [2.05, 4.69) is 11.5 Å². The van der Waals surface area contributed by atoms with Crippen molar-refractivity contribution >= 4 is 40.8 Å². The molecule has 2 aromatic rings. The molecule has 1 amide bonds. The van der Waals surface area contributed by atoms with E-state index in [9.17, 15) is 14.3 Å². The first-order valence-electron chi connectivity index (χ1n) is 13.3. The summed E-state index contributed by atoms with van der Waals surface area (Å²) in [5, 5.41) is 11.9. The maximum Gasteiger partial charge on any atom is 0.246 e. The van der Waals surface area contributed by atoms with E-state index < -0.39 is 6.35 Å². The Bertz CT molecular complexity index is 1300. The number of hydrogen-bond donors (Lipinski definition) is 1. The highest BCUT2D eigenvalue weighted by Gasteiger charge is 2.40. The molecule has 2 aromatic carbocycles. The van der Waals surface area contributed by atoms with Gasteiger partial charge in [-0.25, -0.2) is 9.38 Å². The number of nitrogens with zero attached hydrogens (tertiary/aromatic N) is 4. The minimum Gasteiger partial charge on any atom is -0.382 e. The fourth-order valence-electron chi connectivity index (χ4n) is 5.78. The van der Waals surface area contributed by atoms with Crippen LogP contribution in [0.15, 0.2) is 52.9 Å². The summed E-state index contributed by atoms with van der Waals surface area (Å²) < 4.78 is 25.1. The number of amides is 1. The average Bonchev–Trinajstić information content (AvgIpc) is 3.11. The Morgan fingerprint density at radius 2 is 1.93 bits per heavy atom. The van der Waals surface area contributed by atoms with Crippen molar-refractivity contribution in [1.82, 2.24) is 9.80 Å². The second kappa shape index (κ2) is 12.1. The Morgan fingerprint density at radius 1 is 1.23 bits per heavy atom. The van der Waals surface area contributed by atoms with Crippen LogP contribution in [0.25, 0.3) is 11.1 Å². The van der Waals surface area contributed by atoms with Crippen LogP contribution in [0.3, 0.4) is 0 Å². The largest absolute Gasteiger partial charge is 0.382 e. The molecule has 3 aliphatic rings. The zero-order chi connectivity index (χ0) is 28.6. The predicted octanol–water partition coefficient (Wildman–Crippen LogP) is 4.23. The highest BCUT2D eigenvalue weighted by molar-refractivity contribution is 7.99. The van der Waals surface area contributed by atoms with Crippen molar-refractivity contribution < 1.29 is 23.8 Å². The predicted molar refractivity (Wildman–Crippen MR) is 157 cm³/mol. The van der Waals surface area contributed by atoms with Crippen molar-refractivity contribution in [2.45, 2.75) is 43.3 Å². The van der Waals surface area contributed by atoms with Crippen molar-refractivity contribution in [3.63, 3.8) is 0 Å². The van der Waals surface area contributed by atoms with Crippen LogP contribution in [0.2, 0.25) is 5.02 Å². The number of methoxy groups -OCH3 is 1. The Hall–Kier alpha value is -2.63. The summed E-state index contributed by atoms with van der Waals surface area (Å²) in [4.78, 5) is 24.0. The molecule has 0 aromatic heterocycles. The maximum absolute atomic E-state index is 13.8. The lowest BCUT2D eigenvalue weighted by Gasteiger charge is -2.47. The van der Waals surface area contributed by atoms with Crippen LogP contribution in [0.5, 0.6) is 0 Å². The van der Waals surface area contributed by atoms with Gasteiger partial charge in [0.1, 0.15) is 11.7 Å². The number of hydrogen-bond acceptors (Lipinski definition) is 8. The number of halogens is 2. The fraction of sp³-hybridized carbons (Fsp3) is 0.448. The molecule has 3 aliphatic heterocycles. The molecule has 0 radical (unpaired) electrons. The number of amidine groups is 1. The van der Waals surface area contributed by atoms with E-state index in [0.29, 0.717) is 49.5 Å². The van der Waals surface area contributed by atoms with Gasteiger partial charge in [-0.1, -0.05) is 30.3 Å². The number of piperazine rings is 1. The molecule has 0 aliphatic carbocycles. The first-order chi connectivity index (χ1) is 19.2. The van der Waals surface area contributed by atoms with Gasteiger partial charge in [0.05, 0.1) is 30.0 Å². The topological polar surface area (TPSA) is 77.8 Å². The van der Waals surface area contributed by atoms with Gasteiger partial charge in [-0.3, -0.25) is 4.79 Å². The summed E-state index contributed by atoms with van der Waals surface area (Å²) in [5.74, 6) is 0.829. The number of benzene rings is 2. The van der Waals surface area contributed by atoms with Crippen LogP contribution in [-0.2, 0) is 14.3 Å². The lowest BCUT2D eigenvalue weighted by atomic mass is 9.98. The van der Waals surface area contributed by atoms with Crippen molar-refractivity contribution in [3.8, 4) is 11.1 Å².